The molecule has 2 aromatic heterocycles. The predicted octanol–water partition coefficient (Wildman–Crippen LogP) is 2.01. The first-order valence-corrected chi connectivity index (χ1v) is 8.09. The van der Waals surface area contributed by atoms with Gasteiger partial charge in [0.2, 0.25) is 11.8 Å². The highest BCUT2D eigenvalue weighted by Crippen LogP contribution is 2.26. The van der Waals surface area contributed by atoms with E-state index in [-0.39, 0.29) is 17.7 Å². The minimum Gasteiger partial charge on any atom is -0.480 e. The minimum absolute atomic E-state index is 0.0881. The van der Waals surface area contributed by atoms with Crippen molar-refractivity contribution in [1.82, 2.24) is 25.2 Å². The lowest BCUT2D eigenvalue weighted by molar-refractivity contribution is 0.0696. The van der Waals surface area contributed by atoms with Crippen LogP contribution in [0.4, 0.5) is 0 Å². The summed E-state index contributed by atoms with van der Waals surface area (Å²) in [7, 11) is 1.51. The summed E-state index contributed by atoms with van der Waals surface area (Å²) in [5, 5.41) is 11.9. The number of carbonyl (C=O) groups is 1. The molecule has 0 unspecified atom stereocenters. The van der Waals surface area contributed by atoms with E-state index in [0.717, 1.165) is 12.8 Å². The molecule has 2 aromatic rings. The van der Waals surface area contributed by atoms with E-state index in [1.54, 1.807) is 17.0 Å². The average molecular weight is 331 g/mol. The quantitative estimate of drug-likeness (QED) is 0.845. The molecule has 8 heteroatoms. The first-order valence-electron chi connectivity index (χ1n) is 8.09. The zero-order valence-electron chi connectivity index (χ0n) is 14.1. The van der Waals surface area contributed by atoms with E-state index in [2.05, 4.69) is 20.3 Å². The second-order valence-corrected chi connectivity index (χ2v) is 6.20. The number of rotatable bonds is 4. The lowest BCUT2D eigenvalue weighted by Crippen LogP contribution is -2.39. The SMILES string of the molecule is COc1ccc(C(=O)N2CCC[C@H](c3noc(C(C)C)n3)C2)nn1. The summed E-state index contributed by atoms with van der Waals surface area (Å²) < 4.78 is 10.2. The van der Waals surface area contributed by atoms with Crippen LogP contribution in [-0.4, -0.2) is 51.3 Å². The van der Waals surface area contributed by atoms with Crippen molar-refractivity contribution in [2.75, 3.05) is 20.2 Å². The van der Waals surface area contributed by atoms with Crippen LogP contribution in [-0.2, 0) is 0 Å². The van der Waals surface area contributed by atoms with Gasteiger partial charge in [0, 0.05) is 31.0 Å². The molecule has 0 aliphatic carbocycles. The van der Waals surface area contributed by atoms with Crippen molar-refractivity contribution < 1.29 is 14.1 Å². The number of carbonyl (C=O) groups excluding carboxylic acids is 1. The lowest BCUT2D eigenvalue weighted by atomic mass is 9.97. The lowest BCUT2D eigenvalue weighted by Gasteiger charge is -2.30. The average Bonchev–Trinajstić information content (AvgIpc) is 3.12. The van der Waals surface area contributed by atoms with Crippen molar-refractivity contribution in [3.63, 3.8) is 0 Å². The molecule has 1 saturated heterocycles. The maximum atomic E-state index is 12.6. The van der Waals surface area contributed by atoms with Gasteiger partial charge in [-0.25, -0.2) is 0 Å². The van der Waals surface area contributed by atoms with Crippen LogP contribution in [0.5, 0.6) is 5.88 Å². The first-order chi connectivity index (χ1) is 11.6. The van der Waals surface area contributed by atoms with Gasteiger partial charge in [0.1, 0.15) is 0 Å². The number of ether oxygens (including phenoxy) is 1. The highest BCUT2D eigenvalue weighted by Gasteiger charge is 2.29. The van der Waals surface area contributed by atoms with Gasteiger partial charge in [-0.05, 0) is 18.9 Å². The Morgan fingerprint density at radius 1 is 1.38 bits per heavy atom. The summed E-state index contributed by atoms with van der Waals surface area (Å²) in [6.07, 6.45) is 1.83. The van der Waals surface area contributed by atoms with Crippen LogP contribution in [0, 0.1) is 0 Å². The number of amides is 1. The molecular formula is C16H21N5O3. The Labute approximate surface area is 140 Å². The molecule has 0 radical (unpaired) electrons. The minimum atomic E-state index is -0.137. The smallest absolute Gasteiger partial charge is 0.274 e. The molecule has 3 rings (SSSR count). The Morgan fingerprint density at radius 2 is 2.21 bits per heavy atom. The number of aromatic nitrogens is 4. The van der Waals surface area contributed by atoms with E-state index in [1.807, 2.05) is 13.8 Å². The highest BCUT2D eigenvalue weighted by molar-refractivity contribution is 5.92. The number of likely N-dealkylation sites (tertiary alicyclic amines) is 1. The van der Waals surface area contributed by atoms with E-state index in [1.165, 1.54) is 7.11 Å². The van der Waals surface area contributed by atoms with Crippen molar-refractivity contribution in [3.8, 4) is 5.88 Å². The van der Waals surface area contributed by atoms with Crippen LogP contribution in [0.1, 0.15) is 60.7 Å². The standard InChI is InChI=1S/C16H21N5O3/c1-10(2)15-17-14(20-24-15)11-5-4-8-21(9-11)16(22)12-6-7-13(23-3)19-18-12/h6-7,10-11H,4-5,8-9H2,1-3H3/t11-/m0/s1. The summed E-state index contributed by atoms with van der Waals surface area (Å²) in [5.74, 6) is 1.84. The molecule has 0 aromatic carbocycles. The van der Waals surface area contributed by atoms with Gasteiger partial charge in [-0.1, -0.05) is 19.0 Å². The van der Waals surface area contributed by atoms with E-state index < -0.39 is 0 Å². The predicted molar refractivity (Wildman–Crippen MR) is 84.8 cm³/mol. The molecule has 8 nitrogen and oxygen atoms in total. The summed E-state index contributed by atoms with van der Waals surface area (Å²) in [6.45, 7) is 5.27. The number of nitrogens with zero attached hydrogens (tertiary/aromatic N) is 5. The molecule has 3 heterocycles. The van der Waals surface area contributed by atoms with Crippen molar-refractivity contribution in [1.29, 1.82) is 0 Å². The summed E-state index contributed by atoms with van der Waals surface area (Å²) >= 11 is 0. The van der Waals surface area contributed by atoms with Gasteiger partial charge in [0.05, 0.1) is 7.11 Å². The third-order valence-corrected chi connectivity index (χ3v) is 4.09. The molecule has 1 amide bonds. The molecule has 0 bridgehead atoms. The van der Waals surface area contributed by atoms with Crippen molar-refractivity contribution in [2.45, 2.75) is 38.5 Å². The largest absolute Gasteiger partial charge is 0.480 e. The highest BCUT2D eigenvalue weighted by atomic mass is 16.5. The van der Waals surface area contributed by atoms with E-state index >= 15 is 0 Å². The third kappa shape index (κ3) is 3.37. The number of hydrogen-bond donors (Lipinski definition) is 0. The molecule has 1 atom stereocenters. The van der Waals surface area contributed by atoms with Gasteiger partial charge in [0.25, 0.3) is 5.91 Å². The second kappa shape index (κ2) is 6.94. The topological polar surface area (TPSA) is 94.2 Å². The van der Waals surface area contributed by atoms with Crippen LogP contribution in [0.15, 0.2) is 16.7 Å². The Hall–Kier alpha value is -2.51. The number of methoxy groups -OCH3 is 1. The van der Waals surface area contributed by atoms with Gasteiger partial charge >= 0.3 is 0 Å². The van der Waals surface area contributed by atoms with E-state index in [9.17, 15) is 4.79 Å². The molecule has 128 valence electrons. The molecular weight excluding hydrogens is 310 g/mol. The normalized spacial score (nSPS) is 18.0. The molecule has 1 aliphatic heterocycles. The van der Waals surface area contributed by atoms with Crippen LogP contribution in [0.3, 0.4) is 0 Å². The number of piperidine rings is 1. The van der Waals surface area contributed by atoms with E-state index in [0.29, 0.717) is 36.4 Å². The first kappa shape index (κ1) is 16.4. The molecule has 24 heavy (non-hydrogen) atoms. The Bertz CT molecular complexity index is 698. The van der Waals surface area contributed by atoms with Crippen LogP contribution < -0.4 is 4.74 Å². The van der Waals surface area contributed by atoms with Crippen LogP contribution >= 0.6 is 0 Å². The molecule has 0 saturated carbocycles. The fourth-order valence-corrected chi connectivity index (χ4v) is 2.72. The maximum absolute atomic E-state index is 12.6. The van der Waals surface area contributed by atoms with Gasteiger partial charge in [-0.15, -0.1) is 10.2 Å². The van der Waals surface area contributed by atoms with Crippen molar-refractivity contribution in [2.24, 2.45) is 0 Å². The van der Waals surface area contributed by atoms with Gasteiger partial charge in [-0.3, -0.25) is 4.79 Å². The van der Waals surface area contributed by atoms with E-state index in [4.69, 9.17) is 9.26 Å². The second-order valence-electron chi connectivity index (χ2n) is 6.20. The van der Waals surface area contributed by atoms with Crippen molar-refractivity contribution in [3.05, 3.63) is 29.5 Å². The fourth-order valence-electron chi connectivity index (χ4n) is 2.72. The number of hydrogen-bond acceptors (Lipinski definition) is 7. The van der Waals surface area contributed by atoms with Gasteiger partial charge in [0.15, 0.2) is 11.5 Å². The Balaban J connectivity index is 1.70. The Kier molecular flexibility index (Phi) is 4.73. The summed E-state index contributed by atoms with van der Waals surface area (Å²) in [5.41, 5.74) is 0.312. The van der Waals surface area contributed by atoms with Gasteiger partial charge < -0.3 is 14.2 Å². The molecule has 0 spiro atoms. The Morgan fingerprint density at radius 3 is 2.83 bits per heavy atom. The van der Waals surface area contributed by atoms with Crippen LogP contribution in [0.2, 0.25) is 0 Å². The molecule has 0 N–H and O–H groups in total. The molecule has 1 aliphatic rings. The fraction of sp³-hybridized carbons (Fsp3) is 0.562. The summed E-state index contributed by atoms with van der Waals surface area (Å²) in [6, 6.07) is 3.26. The maximum Gasteiger partial charge on any atom is 0.274 e. The van der Waals surface area contributed by atoms with Crippen molar-refractivity contribution >= 4 is 5.91 Å². The van der Waals surface area contributed by atoms with Crippen LogP contribution in [0.25, 0.3) is 0 Å². The zero-order chi connectivity index (χ0) is 17.1. The monoisotopic (exact) mass is 331 g/mol. The zero-order valence-corrected chi connectivity index (χ0v) is 14.1. The molecule has 1 fully saturated rings. The summed E-state index contributed by atoms with van der Waals surface area (Å²) in [4.78, 5) is 18.8. The third-order valence-electron chi connectivity index (χ3n) is 4.09. The van der Waals surface area contributed by atoms with Gasteiger partial charge in [-0.2, -0.15) is 4.98 Å².